The van der Waals surface area contributed by atoms with E-state index in [0.717, 1.165) is 18.4 Å². The molecule has 4 unspecified atom stereocenters. The highest BCUT2D eigenvalue weighted by Crippen LogP contribution is 2.35. The molecule has 0 bridgehead atoms. The van der Waals surface area contributed by atoms with Crippen LogP contribution in [0.4, 0.5) is 5.69 Å². The van der Waals surface area contributed by atoms with Gasteiger partial charge in [-0.25, -0.2) is 0 Å². The van der Waals surface area contributed by atoms with Gasteiger partial charge in [0.2, 0.25) is 0 Å². The smallest absolute Gasteiger partial charge is 0.0398 e. The van der Waals surface area contributed by atoms with Gasteiger partial charge < -0.3 is 10.6 Å². The minimum Gasteiger partial charge on any atom is -0.371 e. The number of anilines is 1. The van der Waals surface area contributed by atoms with Crippen LogP contribution in [0.15, 0.2) is 24.3 Å². The van der Waals surface area contributed by atoms with Gasteiger partial charge in [0.05, 0.1) is 0 Å². The van der Waals surface area contributed by atoms with Crippen LogP contribution in [0.3, 0.4) is 0 Å². The fourth-order valence-corrected chi connectivity index (χ4v) is 4.34. The number of nitrogens with two attached hydrogens (primary N) is 1. The summed E-state index contributed by atoms with van der Waals surface area (Å²) >= 11 is 0. The summed E-state index contributed by atoms with van der Waals surface area (Å²) in [4.78, 5) is 2.59. The molecule has 1 aliphatic heterocycles. The summed E-state index contributed by atoms with van der Waals surface area (Å²) in [7, 11) is 0. The molecular weight excluding hydrogens is 244 g/mol. The maximum Gasteiger partial charge on any atom is 0.0398 e. The van der Waals surface area contributed by atoms with E-state index in [4.69, 9.17) is 5.73 Å². The molecular formula is C18H28N2. The Morgan fingerprint density at radius 3 is 2.80 bits per heavy atom. The van der Waals surface area contributed by atoms with Crippen molar-refractivity contribution >= 4 is 5.69 Å². The maximum absolute atomic E-state index is 6.47. The zero-order chi connectivity index (χ0) is 14.1. The van der Waals surface area contributed by atoms with E-state index in [0.29, 0.717) is 12.0 Å². The summed E-state index contributed by atoms with van der Waals surface area (Å²) in [5, 5.41) is 0. The zero-order valence-electron chi connectivity index (χ0n) is 12.9. The molecule has 0 saturated heterocycles. The van der Waals surface area contributed by atoms with E-state index in [2.05, 4.69) is 43.0 Å². The summed E-state index contributed by atoms with van der Waals surface area (Å²) in [5.41, 5.74) is 9.44. The highest BCUT2D eigenvalue weighted by Gasteiger charge is 2.33. The van der Waals surface area contributed by atoms with E-state index >= 15 is 0 Å². The number of nitrogens with zero attached hydrogens (tertiary/aromatic N) is 1. The minimum absolute atomic E-state index is 0.378. The molecule has 2 N–H and O–H groups in total. The summed E-state index contributed by atoms with van der Waals surface area (Å²) in [5.74, 6) is 2.20. The van der Waals surface area contributed by atoms with Crippen LogP contribution in [0.2, 0.25) is 0 Å². The van der Waals surface area contributed by atoms with Crippen LogP contribution in [0.1, 0.15) is 38.7 Å². The van der Waals surface area contributed by atoms with E-state index in [1.165, 1.54) is 43.5 Å². The summed E-state index contributed by atoms with van der Waals surface area (Å²) < 4.78 is 0. The fraction of sp³-hybridized carbons (Fsp3) is 0.667. The second-order valence-electron chi connectivity index (χ2n) is 7.06. The molecule has 1 aromatic rings. The van der Waals surface area contributed by atoms with Crippen molar-refractivity contribution in [3.63, 3.8) is 0 Å². The van der Waals surface area contributed by atoms with Crippen molar-refractivity contribution in [2.24, 2.45) is 23.5 Å². The molecule has 1 saturated carbocycles. The Labute approximate surface area is 123 Å². The second kappa shape index (κ2) is 5.77. The largest absolute Gasteiger partial charge is 0.371 e. The lowest BCUT2D eigenvalue weighted by Gasteiger charge is -2.42. The van der Waals surface area contributed by atoms with Crippen molar-refractivity contribution in [1.29, 1.82) is 0 Å². The van der Waals surface area contributed by atoms with Gasteiger partial charge in [-0.2, -0.15) is 0 Å². The van der Waals surface area contributed by atoms with E-state index < -0.39 is 0 Å². The second-order valence-corrected chi connectivity index (χ2v) is 7.06. The van der Waals surface area contributed by atoms with Gasteiger partial charge >= 0.3 is 0 Å². The van der Waals surface area contributed by atoms with Crippen LogP contribution in [-0.2, 0) is 6.42 Å². The number of rotatable bonds is 2. The molecule has 1 fully saturated rings. The van der Waals surface area contributed by atoms with Crippen LogP contribution >= 0.6 is 0 Å². The topological polar surface area (TPSA) is 29.3 Å². The molecule has 0 amide bonds. The summed E-state index contributed by atoms with van der Waals surface area (Å²) in [6, 6.07) is 9.29. The monoisotopic (exact) mass is 272 g/mol. The molecule has 1 aromatic carbocycles. The average molecular weight is 272 g/mol. The highest BCUT2D eigenvalue weighted by molar-refractivity contribution is 5.55. The van der Waals surface area contributed by atoms with Crippen LogP contribution in [0, 0.1) is 17.8 Å². The number of hydrogen-bond donors (Lipinski definition) is 1. The third kappa shape index (κ3) is 2.71. The zero-order valence-corrected chi connectivity index (χ0v) is 12.9. The van der Waals surface area contributed by atoms with Crippen molar-refractivity contribution in [3.8, 4) is 0 Å². The first-order valence-electron chi connectivity index (χ1n) is 8.23. The SMILES string of the molecule is CC1CC(C)C(CN2CCCc3ccccc32)C(N)C1. The Morgan fingerprint density at radius 1 is 1.20 bits per heavy atom. The number of benzene rings is 1. The van der Waals surface area contributed by atoms with E-state index in [-0.39, 0.29) is 0 Å². The number of para-hydroxylation sites is 1. The molecule has 110 valence electrons. The first-order chi connectivity index (χ1) is 9.65. The lowest BCUT2D eigenvalue weighted by Crippen LogP contribution is -2.47. The Balaban J connectivity index is 1.75. The molecule has 0 aromatic heterocycles. The van der Waals surface area contributed by atoms with Crippen molar-refractivity contribution in [2.75, 3.05) is 18.0 Å². The number of hydrogen-bond acceptors (Lipinski definition) is 2. The van der Waals surface area contributed by atoms with E-state index in [1.54, 1.807) is 0 Å². The fourth-order valence-electron chi connectivity index (χ4n) is 4.34. The minimum atomic E-state index is 0.378. The van der Waals surface area contributed by atoms with Crippen molar-refractivity contribution in [3.05, 3.63) is 29.8 Å². The van der Waals surface area contributed by atoms with Gasteiger partial charge in [-0.1, -0.05) is 32.0 Å². The first-order valence-corrected chi connectivity index (χ1v) is 8.23. The van der Waals surface area contributed by atoms with Crippen LogP contribution in [0.25, 0.3) is 0 Å². The van der Waals surface area contributed by atoms with Gasteiger partial charge in [0.25, 0.3) is 0 Å². The molecule has 4 atom stereocenters. The van der Waals surface area contributed by atoms with Crippen LogP contribution in [-0.4, -0.2) is 19.1 Å². The van der Waals surface area contributed by atoms with Crippen LogP contribution < -0.4 is 10.6 Å². The lowest BCUT2D eigenvalue weighted by atomic mass is 9.72. The van der Waals surface area contributed by atoms with Gasteiger partial charge in [0, 0.05) is 24.8 Å². The van der Waals surface area contributed by atoms with Crippen molar-refractivity contribution < 1.29 is 0 Å². The quantitative estimate of drug-likeness (QED) is 0.893. The predicted octanol–water partition coefficient (Wildman–Crippen LogP) is 3.45. The van der Waals surface area contributed by atoms with Crippen molar-refractivity contribution in [1.82, 2.24) is 0 Å². The van der Waals surface area contributed by atoms with Crippen LogP contribution in [0.5, 0.6) is 0 Å². The third-order valence-electron chi connectivity index (χ3n) is 5.37. The van der Waals surface area contributed by atoms with Gasteiger partial charge in [0.1, 0.15) is 0 Å². The lowest BCUT2D eigenvalue weighted by molar-refractivity contribution is 0.176. The Hall–Kier alpha value is -1.02. The van der Waals surface area contributed by atoms with E-state index in [1.807, 2.05) is 0 Å². The van der Waals surface area contributed by atoms with Gasteiger partial charge in [-0.05, 0) is 55.1 Å². The van der Waals surface area contributed by atoms with E-state index in [9.17, 15) is 0 Å². The molecule has 1 aliphatic carbocycles. The molecule has 1 heterocycles. The Kier molecular flexibility index (Phi) is 4.02. The van der Waals surface area contributed by atoms with Gasteiger partial charge in [-0.3, -0.25) is 0 Å². The van der Waals surface area contributed by atoms with Gasteiger partial charge in [-0.15, -0.1) is 0 Å². The molecule has 3 rings (SSSR count). The predicted molar refractivity (Wildman–Crippen MR) is 86.0 cm³/mol. The normalized spacial score (nSPS) is 33.9. The number of aryl methyl sites for hydroxylation is 1. The molecule has 2 aliphatic rings. The first kappa shape index (κ1) is 13.9. The third-order valence-corrected chi connectivity index (χ3v) is 5.37. The molecule has 2 heteroatoms. The standard InChI is InChI=1S/C18H28N2/c1-13-10-14(2)16(17(19)11-13)12-20-9-5-7-15-6-3-4-8-18(15)20/h3-4,6,8,13-14,16-17H,5,7,9-12,19H2,1-2H3. The van der Waals surface area contributed by atoms with Crippen molar-refractivity contribution in [2.45, 2.75) is 45.6 Å². The maximum atomic E-state index is 6.47. The molecule has 20 heavy (non-hydrogen) atoms. The number of fused-ring (bicyclic) bond motifs is 1. The molecule has 0 spiro atoms. The highest BCUT2D eigenvalue weighted by atomic mass is 15.1. The Morgan fingerprint density at radius 2 is 2.00 bits per heavy atom. The Bertz CT molecular complexity index is 444. The molecule has 0 radical (unpaired) electrons. The van der Waals surface area contributed by atoms with Gasteiger partial charge in [0.15, 0.2) is 0 Å². The summed E-state index contributed by atoms with van der Waals surface area (Å²) in [6.07, 6.45) is 5.05. The summed E-state index contributed by atoms with van der Waals surface area (Å²) in [6.45, 7) is 7.09. The average Bonchev–Trinajstić information content (AvgIpc) is 2.43. The molecule has 2 nitrogen and oxygen atoms in total.